The van der Waals surface area contributed by atoms with E-state index < -0.39 is 48.6 Å². The maximum Gasteiger partial charge on any atom is 0.264 e. The number of sulfone groups is 1. The zero-order valence-electron chi connectivity index (χ0n) is 19.0. The van der Waals surface area contributed by atoms with E-state index in [1.165, 1.54) is 12.1 Å². The summed E-state index contributed by atoms with van der Waals surface area (Å²) in [5, 5.41) is 1.40. The van der Waals surface area contributed by atoms with Gasteiger partial charge in [0.25, 0.3) is 16.0 Å². The summed E-state index contributed by atoms with van der Waals surface area (Å²) in [6.45, 7) is -0.000409. The minimum Gasteiger partial charge on any atom is -0.322 e. The number of anilines is 1. The molecule has 2 bridgehead atoms. The van der Waals surface area contributed by atoms with Crippen molar-refractivity contribution in [1.82, 2.24) is 0 Å². The van der Waals surface area contributed by atoms with Crippen LogP contribution in [0, 0.1) is 35.2 Å². The van der Waals surface area contributed by atoms with Crippen LogP contribution in [0.4, 0.5) is 18.9 Å². The maximum atomic E-state index is 13.7. The SMILES string of the molecule is CS(=O)(=O)OCC1CC2CC[C@@H](C1)C2S(=O)(=O)c1cc(C(=O)Nc2cc(F)c(F)c(F)c2)ccc1Cl. The van der Waals surface area contributed by atoms with E-state index in [2.05, 4.69) is 5.32 Å². The summed E-state index contributed by atoms with van der Waals surface area (Å²) in [6, 6.07) is 4.84. The average molecular weight is 566 g/mol. The molecule has 0 saturated heterocycles. The van der Waals surface area contributed by atoms with E-state index in [0.29, 0.717) is 37.8 Å². The number of nitrogens with one attached hydrogen (secondary N) is 1. The number of rotatable bonds is 7. The number of fused-ring (bicyclic) bond motifs is 2. The molecule has 2 aliphatic carbocycles. The summed E-state index contributed by atoms with van der Waals surface area (Å²) in [5.74, 6) is -6.05. The number of carbonyl (C=O) groups excluding carboxylic acids is 1. The number of hydrogen-bond donors (Lipinski definition) is 1. The summed E-state index contributed by atoms with van der Waals surface area (Å²) >= 11 is 6.23. The fraction of sp³-hybridized carbons (Fsp3) is 0.435. The normalized spacial score (nSPS) is 24.0. The monoisotopic (exact) mass is 565 g/mol. The van der Waals surface area contributed by atoms with E-state index in [1.807, 2.05) is 0 Å². The van der Waals surface area contributed by atoms with Crippen LogP contribution in [0.2, 0.25) is 5.02 Å². The quantitative estimate of drug-likeness (QED) is 0.389. The van der Waals surface area contributed by atoms with Crippen molar-refractivity contribution in [2.24, 2.45) is 17.8 Å². The molecule has 3 unspecified atom stereocenters. The maximum absolute atomic E-state index is 13.7. The van der Waals surface area contributed by atoms with Crippen LogP contribution >= 0.6 is 11.6 Å². The van der Waals surface area contributed by atoms with E-state index in [-0.39, 0.29) is 45.5 Å². The van der Waals surface area contributed by atoms with Gasteiger partial charge in [0.1, 0.15) is 0 Å². The van der Waals surface area contributed by atoms with Gasteiger partial charge in [-0.1, -0.05) is 11.6 Å². The summed E-state index contributed by atoms with van der Waals surface area (Å²) in [6.07, 6.45) is 3.24. The molecular formula is C23H23ClF3NO6S2. The molecule has 2 aliphatic rings. The van der Waals surface area contributed by atoms with Gasteiger partial charge in [-0.05, 0) is 61.6 Å². The first-order chi connectivity index (χ1) is 16.8. The number of carbonyl (C=O) groups is 1. The highest BCUT2D eigenvalue weighted by Crippen LogP contribution is 2.50. The highest BCUT2D eigenvalue weighted by atomic mass is 35.5. The van der Waals surface area contributed by atoms with Crippen molar-refractivity contribution >= 4 is 43.2 Å². The molecule has 196 valence electrons. The highest BCUT2D eigenvalue weighted by Gasteiger charge is 2.50. The molecule has 2 aromatic rings. The Morgan fingerprint density at radius 3 is 2.17 bits per heavy atom. The largest absolute Gasteiger partial charge is 0.322 e. The molecule has 2 aromatic carbocycles. The Labute approximate surface area is 212 Å². The molecule has 1 N–H and O–H groups in total. The van der Waals surface area contributed by atoms with Gasteiger partial charge in [-0.2, -0.15) is 8.42 Å². The van der Waals surface area contributed by atoms with Gasteiger partial charge in [0.05, 0.1) is 28.0 Å². The first-order valence-electron chi connectivity index (χ1n) is 11.1. The van der Waals surface area contributed by atoms with Crippen molar-refractivity contribution in [2.45, 2.75) is 35.8 Å². The van der Waals surface area contributed by atoms with Crippen LogP contribution in [0.5, 0.6) is 0 Å². The smallest absolute Gasteiger partial charge is 0.264 e. The third-order valence-electron chi connectivity index (χ3n) is 6.73. The van der Waals surface area contributed by atoms with Gasteiger partial charge in [-0.3, -0.25) is 8.98 Å². The Balaban J connectivity index is 1.56. The zero-order valence-corrected chi connectivity index (χ0v) is 21.4. The summed E-state index contributed by atoms with van der Waals surface area (Å²) in [5.41, 5.74) is -0.464. The van der Waals surface area contributed by atoms with Crippen molar-refractivity contribution in [3.63, 3.8) is 0 Å². The van der Waals surface area contributed by atoms with Gasteiger partial charge in [-0.25, -0.2) is 21.6 Å². The zero-order chi connectivity index (χ0) is 26.4. The van der Waals surface area contributed by atoms with E-state index in [1.54, 1.807) is 0 Å². The van der Waals surface area contributed by atoms with E-state index >= 15 is 0 Å². The van der Waals surface area contributed by atoms with Crippen LogP contribution < -0.4 is 5.32 Å². The Kier molecular flexibility index (Phi) is 7.44. The molecule has 4 rings (SSSR count). The van der Waals surface area contributed by atoms with Gasteiger partial charge in [0.2, 0.25) is 0 Å². The van der Waals surface area contributed by atoms with Gasteiger partial charge in [-0.15, -0.1) is 0 Å². The van der Waals surface area contributed by atoms with Crippen LogP contribution in [0.25, 0.3) is 0 Å². The lowest BCUT2D eigenvalue weighted by Crippen LogP contribution is -2.38. The number of amides is 1. The van der Waals surface area contributed by atoms with Crippen LogP contribution in [0.1, 0.15) is 36.0 Å². The minimum atomic E-state index is -3.98. The van der Waals surface area contributed by atoms with Crippen LogP contribution in [-0.4, -0.2) is 40.9 Å². The Morgan fingerprint density at radius 1 is 1.03 bits per heavy atom. The van der Waals surface area contributed by atoms with Crippen LogP contribution in [0.15, 0.2) is 35.2 Å². The average Bonchev–Trinajstić information content (AvgIpc) is 3.07. The second-order valence-electron chi connectivity index (χ2n) is 9.29. The lowest BCUT2D eigenvalue weighted by Gasteiger charge is -2.34. The fourth-order valence-corrected chi connectivity index (χ4v) is 8.61. The number of hydrogen-bond acceptors (Lipinski definition) is 6. The predicted octanol–water partition coefficient (Wildman–Crippen LogP) is 4.56. The van der Waals surface area contributed by atoms with Gasteiger partial charge < -0.3 is 5.32 Å². The lowest BCUT2D eigenvalue weighted by molar-refractivity contribution is 0.102. The molecule has 2 fully saturated rings. The summed E-state index contributed by atoms with van der Waals surface area (Å²) < 4.78 is 95.1. The van der Waals surface area contributed by atoms with Crippen molar-refractivity contribution in [3.8, 4) is 0 Å². The molecule has 13 heteroatoms. The minimum absolute atomic E-state index is 0.000409. The molecular weight excluding hydrogens is 543 g/mol. The van der Waals surface area contributed by atoms with Crippen molar-refractivity contribution < 1.29 is 39.0 Å². The molecule has 7 nitrogen and oxygen atoms in total. The van der Waals surface area contributed by atoms with Gasteiger partial charge in [0.15, 0.2) is 27.3 Å². The predicted molar refractivity (Wildman–Crippen MR) is 126 cm³/mol. The van der Waals surface area contributed by atoms with Gasteiger partial charge >= 0.3 is 0 Å². The molecule has 0 radical (unpaired) electrons. The third-order valence-corrected chi connectivity index (χ3v) is 10.2. The molecule has 0 heterocycles. The number of benzene rings is 2. The lowest BCUT2D eigenvalue weighted by atomic mass is 9.81. The first-order valence-corrected chi connectivity index (χ1v) is 14.8. The topological polar surface area (TPSA) is 107 Å². The Bertz CT molecular complexity index is 1380. The van der Waals surface area contributed by atoms with Crippen LogP contribution in [-0.2, 0) is 24.1 Å². The Morgan fingerprint density at radius 2 is 1.61 bits per heavy atom. The van der Waals surface area contributed by atoms with Crippen molar-refractivity contribution in [3.05, 3.63) is 58.4 Å². The van der Waals surface area contributed by atoms with E-state index in [9.17, 15) is 34.8 Å². The highest BCUT2D eigenvalue weighted by molar-refractivity contribution is 7.92. The van der Waals surface area contributed by atoms with Crippen molar-refractivity contribution in [1.29, 1.82) is 0 Å². The summed E-state index contributed by atoms with van der Waals surface area (Å²) in [7, 11) is -7.59. The molecule has 0 aliphatic heterocycles. The van der Waals surface area contributed by atoms with Crippen molar-refractivity contribution in [2.75, 3.05) is 18.2 Å². The second-order valence-corrected chi connectivity index (χ2v) is 13.4. The fourth-order valence-electron chi connectivity index (χ4n) is 5.30. The molecule has 4 atom stereocenters. The summed E-state index contributed by atoms with van der Waals surface area (Å²) in [4.78, 5) is 12.4. The van der Waals surface area contributed by atoms with E-state index in [0.717, 1.165) is 12.3 Å². The van der Waals surface area contributed by atoms with Gasteiger partial charge in [0, 0.05) is 23.4 Å². The molecule has 1 amide bonds. The molecule has 2 saturated carbocycles. The molecule has 0 spiro atoms. The Hall–Kier alpha value is -2.15. The standard InChI is InChI=1S/C23H23ClF3NO6S2/c1-35(30,31)34-11-12-6-13-2-3-14(7-12)22(13)36(32,33)20-8-15(4-5-17(20)24)23(29)28-16-9-18(25)21(27)19(26)10-16/h4-5,8-10,12-14,22H,2-3,6-7,11H2,1H3,(H,28,29)/t12?,13-,14?,22?/m0/s1. The van der Waals surface area contributed by atoms with E-state index in [4.69, 9.17) is 15.8 Å². The third kappa shape index (κ3) is 5.56. The molecule has 36 heavy (non-hydrogen) atoms. The number of halogens is 4. The van der Waals surface area contributed by atoms with Crippen LogP contribution in [0.3, 0.4) is 0 Å². The first kappa shape index (κ1) is 26.9. The second kappa shape index (κ2) is 9.96. The molecule has 0 aromatic heterocycles.